The number of hydrogen-bond donors (Lipinski definition) is 1. The number of aliphatic carboxylic acids is 1. The minimum Gasteiger partial charge on any atom is -0.480 e. The molecule has 0 atom stereocenters. The lowest BCUT2D eigenvalue weighted by Crippen LogP contribution is -2.46. The molecule has 1 aromatic heterocycles. The molecule has 27 heavy (non-hydrogen) atoms. The van der Waals surface area contributed by atoms with Gasteiger partial charge in [0.05, 0.1) is 6.54 Å². The highest BCUT2D eigenvalue weighted by atomic mass is 16.5. The second-order valence-electron chi connectivity index (χ2n) is 7.01. The van der Waals surface area contributed by atoms with Crippen molar-refractivity contribution in [1.29, 1.82) is 0 Å². The zero-order valence-corrected chi connectivity index (χ0v) is 15.9. The SMILES string of the molecule is CCN(CC(=O)O)C1CCN(CCCc2nc(-c3ccccc3)no2)CC1. The summed E-state index contributed by atoms with van der Waals surface area (Å²) in [7, 11) is 0. The fourth-order valence-electron chi connectivity index (χ4n) is 3.70. The van der Waals surface area contributed by atoms with Gasteiger partial charge in [0.1, 0.15) is 0 Å². The first-order valence-electron chi connectivity index (χ1n) is 9.72. The number of likely N-dealkylation sites (N-methyl/N-ethyl adjacent to an activating group) is 1. The van der Waals surface area contributed by atoms with Crippen molar-refractivity contribution in [2.45, 2.75) is 38.6 Å². The van der Waals surface area contributed by atoms with Crippen molar-refractivity contribution in [2.24, 2.45) is 0 Å². The van der Waals surface area contributed by atoms with Crippen molar-refractivity contribution in [3.05, 3.63) is 36.2 Å². The Hall–Kier alpha value is -2.25. The molecule has 2 aromatic rings. The van der Waals surface area contributed by atoms with Gasteiger partial charge in [0.2, 0.25) is 11.7 Å². The number of nitrogens with zero attached hydrogens (tertiary/aromatic N) is 4. The van der Waals surface area contributed by atoms with E-state index in [4.69, 9.17) is 9.63 Å². The zero-order valence-electron chi connectivity index (χ0n) is 15.9. The summed E-state index contributed by atoms with van der Waals surface area (Å²) in [6, 6.07) is 10.2. The van der Waals surface area contributed by atoms with Gasteiger partial charge in [-0.15, -0.1) is 0 Å². The maximum Gasteiger partial charge on any atom is 0.317 e. The molecule has 7 nitrogen and oxygen atoms in total. The standard InChI is InChI=1S/C20H28N4O3/c1-2-24(15-19(25)26)17-10-13-23(14-11-17)12-6-9-18-21-20(22-27-18)16-7-4-3-5-8-16/h3-5,7-8,17H,2,6,9-15H2,1H3,(H,25,26). The van der Waals surface area contributed by atoms with Crippen LogP contribution >= 0.6 is 0 Å². The summed E-state index contributed by atoms with van der Waals surface area (Å²) in [6.07, 6.45) is 3.81. The number of piperidine rings is 1. The Morgan fingerprint density at radius 1 is 1.30 bits per heavy atom. The van der Waals surface area contributed by atoms with Crippen LogP contribution in [0.15, 0.2) is 34.9 Å². The molecule has 1 fully saturated rings. The van der Waals surface area contributed by atoms with E-state index < -0.39 is 5.97 Å². The van der Waals surface area contributed by atoms with Crippen molar-refractivity contribution < 1.29 is 14.4 Å². The van der Waals surface area contributed by atoms with E-state index in [1.807, 2.05) is 37.3 Å². The fraction of sp³-hybridized carbons (Fsp3) is 0.550. The number of benzene rings is 1. The van der Waals surface area contributed by atoms with Crippen LogP contribution in [-0.4, -0.2) is 69.8 Å². The van der Waals surface area contributed by atoms with Crippen LogP contribution in [0.4, 0.5) is 0 Å². The first kappa shape index (κ1) is 19.5. The third kappa shape index (κ3) is 5.61. The molecule has 0 radical (unpaired) electrons. The van der Waals surface area contributed by atoms with Crippen LogP contribution in [-0.2, 0) is 11.2 Å². The van der Waals surface area contributed by atoms with Crippen LogP contribution in [0, 0.1) is 0 Å². The van der Waals surface area contributed by atoms with Crippen molar-refractivity contribution >= 4 is 5.97 Å². The predicted octanol–water partition coefficient (Wildman–Crippen LogP) is 2.54. The highest BCUT2D eigenvalue weighted by Gasteiger charge is 2.24. The number of carboxylic acid groups (broad SMARTS) is 1. The zero-order chi connectivity index (χ0) is 19.1. The highest BCUT2D eigenvalue weighted by molar-refractivity contribution is 5.69. The molecular weight excluding hydrogens is 344 g/mol. The third-order valence-electron chi connectivity index (χ3n) is 5.18. The van der Waals surface area contributed by atoms with Gasteiger partial charge in [0.15, 0.2) is 0 Å². The van der Waals surface area contributed by atoms with E-state index in [0.717, 1.165) is 57.4 Å². The predicted molar refractivity (Wildman–Crippen MR) is 102 cm³/mol. The molecule has 1 aromatic carbocycles. The fourth-order valence-corrected chi connectivity index (χ4v) is 3.70. The van der Waals surface area contributed by atoms with E-state index in [0.29, 0.717) is 17.8 Å². The van der Waals surface area contributed by atoms with E-state index in [1.54, 1.807) is 0 Å². The number of hydrogen-bond acceptors (Lipinski definition) is 6. The van der Waals surface area contributed by atoms with Gasteiger partial charge >= 0.3 is 5.97 Å². The van der Waals surface area contributed by atoms with Gasteiger partial charge in [-0.2, -0.15) is 4.98 Å². The maximum absolute atomic E-state index is 11.0. The number of aromatic nitrogens is 2. The molecule has 0 aliphatic carbocycles. The van der Waals surface area contributed by atoms with Crippen LogP contribution in [0.1, 0.15) is 32.1 Å². The van der Waals surface area contributed by atoms with E-state index in [-0.39, 0.29) is 6.54 Å². The molecule has 2 heterocycles. The van der Waals surface area contributed by atoms with E-state index >= 15 is 0 Å². The molecule has 0 spiro atoms. The number of carbonyl (C=O) groups is 1. The third-order valence-corrected chi connectivity index (χ3v) is 5.18. The molecule has 7 heteroatoms. The number of likely N-dealkylation sites (tertiary alicyclic amines) is 1. The lowest BCUT2D eigenvalue weighted by molar-refractivity contribution is -0.139. The Morgan fingerprint density at radius 3 is 2.70 bits per heavy atom. The van der Waals surface area contributed by atoms with Crippen LogP contribution in [0.25, 0.3) is 11.4 Å². The molecule has 1 N–H and O–H groups in total. The van der Waals surface area contributed by atoms with E-state index in [9.17, 15) is 4.79 Å². The van der Waals surface area contributed by atoms with Crippen molar-refractivity contribution in [3.63, 3.8) is 0 Å². The van der Waals surface area contributed by atoms with Crippen molar-refractivity contribution in [3.8, 4) is 11.4 Å². The summed E-state index contributed by atoms with van der Waals surface area (Å²) in [5.74, 6) is 0.584. The Labute approximate surface area is 160 Å². The van der Waals surface area contributed by atoms with Gasteiger partial charge in [-0.25, -0.2) is 0 Å². The van der Waals surface area contributed by atoms with Gasteiger partial charge in [-0.05, 0) is 45.4 Å². The van der Waals surface area contributed by atoms with Gasteiger partial charge in [-0.3, -0.25) is 9.69 Å². The van der Waals surface area contributed by atoms with Crippen LogP contribution < -0.4 is 0 Å². The molecular formula is C20H28N4O3. The molecule has 1 saturated heterocycles. The monoisotopic (exact) mass is 372 g/mol. The lowest BCUT2D eigenvalue weighted by atomic mass is 10.0. The van der Waals surface area contributed by atoms with Crippen LogP contribution in [0.5, 0.6) is 0 Å². The second-order valence-corrected chi connectivity index (χ2v) is 7.01. The Bertz CT molecular complexity index is 711. The molecule has 1 aliphatic rings. The largest absolute Gasteiger partial charge is 0.480 e. The van der Waals surface area contributed by atoms with Gasteiger partial charge in [0, 0.05) is 18.0 Å². The van der Waals surface area contributed by atoms with Crippen LogP contribution in [0.2, 0.25) is 0 Å². The van der Waals surface area contributed by atoms with Crippen molar-refractivity contribution in [1.82, 2.24) is 19.9 Å². The molecule has 0 amide bonds. The maximum atomic E-state index is 11.0. The van der Waals surface area contributed by atoms with E-state index in [1.165, 1.54) is 0 Å². The quantitative estimate of drug-likeness (QED) is 0.724. The van der Waals surface area contributed by atoms with Crippen LogP contribution in [0.3, 0.4) is 0 Å². The Balaban J connectivity index is 1.39. The second kappa shape index (κ2) is 9.62. The smallest absolute Gasteiger partial charge is 0.317 e. The average Bonchev–Trinajstić information content (AvgIpc) is 3.16. The first-order chi connectivity index (χ1) is 13.2. The molecule has 3 rings (SSSR count). The Kier molecular flexibility index (Phi) is 6.95. The molecule has 0 unspecified atom stereocenters. The summed E-state index contributed by atoms with van der Waals surface area (Å²) < 4.78 is 5.37. The topological polar surface area (TPSA) is 82.7 Å². The molecule has 0 saturated carbocycles. The van der Waals surface area contributed by atoms with Gasteiger partial charge in [0.25, 0.3) is 0 Å². The lowest BCUT2D eigenvalue weighted by Gasteiger charge is -2.37. The minimum atomic E-state index is -0.742. The summed E-state index contributed by atoms with van der Waals surface area (Å²) in [5.41, 5.74) is 0.969. The normalized spacial score (nSPS) is 16.1. The van der Waals surface area contributed by atoms with Crippen molar-refractivity contribution in [2.75, 3.05) is 32.7 Å². The first-order valence-corrected chi connectivity index (χ1v) is 9.72. The molecule has 146 valence electrons. The molecule has 1 aliphatic heterocycles. The molecule has 0 bridgehead atoms. The number of carboxylic acids is 1. The van der Waals surface area contributed by atoms with Gasteiger partial charge < -0.3 is 14.5 Å². The Morgan fingerprint density at radius 2 is 2.04 bits per heavy atom. The van der Waals surface area contributed by atoms with E-state index in [2.05, 4.69) is 19.9 Å². The number of aryl methyl sites for hydroxylation is 1. The highest BCUT2D eigenvalue weighted by Crippen LogP contribution is 2.18. The average molecular weight is 372 g/mol. The minimum absolute atomic E-state index is 0.141. The summed E-state index contributed by atoms with van der Waals surface area (Å²) in [6.45, 7) is 5.99. The van der Waals surface area contributed by atoms with Gasteiger partial charge in [-0.1, -0.05) is 42.4 Å². The number of rotatable bonds is 9. The summed E-state index contributed by atoms with van der Waals surface area (Å²) in [5, 5.41) is 13.1. The summed E-state index contributed by atoms with van der Waals surface area (Å²) >= 11 is 0. The summed E-state index contributed by atoms with van der Waals surface area (Å²) in [4.78, 5) is 20.0.